The molecule has 0 atom stereocenters. The molecule has 1 N–H and O–H groups in total. The van der Waals surface area contributed by atoms with Crippen LogP contribution in [0.4, 0.5) is 0 Å². The van der Waals surface area contributed by atoms with Crippen molar-refractivity contribution < 1.29 is 9.84 Å². The Labute approximate surface area is 78.1 Å². The molecule has 0 saturated carbocycles. The third kappa shape index (κ3) is 3.46. The number of nitrogens with zero attached hydrogens (tertiary/aromatic N) is 2. The lowest BCUT2D eigenvalue weighted by atomic mass is 10.5. The van der Waals surface area contributed by atoms with Crippen LogP contribution in [-0.2, 0) is 6.54 Å². The van der Waals surface area contributed by atoms with Crippen LogP contribution >= 0.6 is 0 Å². The first-order valence-electron chi connectivity index (χ1n) is 4.63. The Bertz CT molecular complexity index is 235. The quantitative estimate of drug-likeness (QED) is 0.672. The normalized spacial score (nSPS) is 10.3. The Hall–Kier alpha value is -1.03. The van der Waals surface area contributed by atoms with E-state index in [4.69, 9.17) is 9.84 Å². The molecular formula is C9H16N2O2. The van der Waals surface area contributed by atoms with Gasteiger partial charge in [-0.3, -0.25) is 4.68 Å². The minimum absolute atomic E-state index is 0.170. The average molecular weight is 184 g/mol. The van der Waals surface area contributed by atoms with E-state index in [9.17, 15) is 0 Å². The third-order valence-electron chi connectivity index (χ3n) is 1.63. The smallest absolute Gasteiger partial charge is 0.157 e. The fraction of sp³-hybridized carbons (Fsp3) is 0.667. The van der Waals surface area contributed by atoms with Gasteiger partial charge >= 0.3 is 0 Å². The summed E-state index contributed by atoms with van der Waals surface area (Å²) in [5.41, 5.74) is 0. The highest BCUT2D eigenvalue weighted by Crippen LogP contribution is 2.08. The van der Waals surface area contributed by atoms with Crippen molar-refractivity contribution in [1.29, 1.82) is 0 Å². The predicted octanol–water partition coefficient (Wildman–Crippen LogP) is 1.05. The third-order valence-corrected chi connectivity index (χ3v) is 1.63. The molecule has 1 aromatic rings. The Morgan fingerprint density at radius 1 is 1.62 bits per heavy atom. The van der Waals surface area contributed by atoms with Crippen LogP contribution in [0, 0.1) is 0 Å². The molecule has 4 nitrogen and oxygen atoms in total. The summed E-state index contributed by atoms with van der Waals surface area (Å²) in [5.74, 6) is 0.780. The van der Waals surface area contributed by atoms with Crippen LogP contribution in [0.3, 0.4) is 0 Å². The average Bonchev–Trinajstić information content (AvgIpc) is 2.54. The van der Waals surface area contributed by atoms with Gasteiger partial charge in [-0.1, -0.05) is 6.92 Å². The van der Waals surface area contributed by atoms with Gasteiger partial charge in [0.25, 0.3) is 0 Å². The zero-order valence-corrected chi connectivity index (χ0v) is 7.94. The van der Waals surface area contributed by atoms with Gasteiger partial charge in [-0.15, -0.1) is 0 Å². The molecular weight excluding hydrogens is 168 g/mol. The Morgan fingerprint density at radius 3 is 3.15 bits per heavy atom. The molecule has 0 amide bonds. The monoisotopic (exact) mass is 184 g/mol. The number of hydrogen-bond acceptors (Lipinski definition) is 3. The van der Waals surface area contributed by atoms with Gasteiger partial charge < -0.3 is 9.84 Å². The van der Waals surface area contributed by atoms with E-state index in [-0.39, 0.29) is 6.61 Å². The molecule has 0 aliphatic carbocycles. The minimum atomic E-state index is 0.170. The van der Waals surface area contributed by atoms with E-state index < -0.39 is 0 Å². The summed E-state index contributed by atoms with van der Waals surface area (Å²) in [5, 5.41) is 12.6. The molecule has 0 aliphatic rings. The molecule has 1 heterocycles. The van der Waals surface area contributed by atoms with Crippen molar-refractivity contribution in [3.63, 3.8) is 0 Å². The van der Waals surface area contributed by atoms with Crippen LogP contribution in [0.1, 0.15) is 19.8 Å². The maximum Gasteiger partial charge on any atom is 0.157 e. The van der Waals surface area contributed by atoms with E-state index in [1.54, 1.807) is 6.20 Å². The zero-order chi connectivity index (χ0) is 9.52. The Kier molecular flexibility index (Phi) is 4.32. The summed E-state index contributed by atoms with van der Waals surface area (Å²) in [6.07, 6.45) is 5.31. The number of aliphatic hydroxyl groups excluding tert-OH is 1. The van der Waals surface area contributed by atoms with Crippen LogP contribution in [0.5, 0.6) is 5.75 Å². The van der Waals surface area contributed by atoms with Crippen molar-refractivity contribution in [2.24, 2.45) is 0 Å². The highest BCUT2D eigenvalue weighted by atomic mass is 16.5. The second-order valence-corrected chi connectivity index (χ2v) is 2.86. The van der Waals surface area contributed by atoms with Crippen molar-refractivity contribution >= 4 is 0 Å². The minimum Gasteiger partial charge on any atom is -0.490 e. The molecule has 0 fully saturated rings. The van der Waals surface area contributed by atoms with Gasteiger partial charge in [-0.05, 0) is 6.42 Å². The molecule has 0 aromatic carbocycles. The van der Waals surface area contributed by atoms with Crippen molar-refractivity contribution in [3.8, 4) is 5.75 Å². The molecule has 0 aliphatic heterocycles. The lowest BCUT2D eigenvalue weighted by molar-refractivity contribution is 0.233. The van der Waals surface area contributed by atoms with Gasteiger partial charge in [0.1, 0.15) is 0 Å². The van der Waals surface area contributed by atoms with E-state index in [0.717, 1.165) is 18.7 Å². The van der Waals surface area contributed by atoms with E-state index >= 15 is 0 Å². The first-order valence-corrected chi connectivity index (χ1v) is 4.63. The van der Waals surface area contributed by atoms with Crippen molar-refractivity contribution in [3.05, 3.63) is 12.4 Å². The Morgan fingerprint density at radius 2 is 2.46 bits per heavy atom. The summed E-state index contributed by atoms with van der Waals surface area (Å²) in [6.45, 7) is 3.74. The lowest BCUT2D eigenvalue weighted by Crippen LogP contribution is -1.99. The second-order valence-electron chi connectivity index (χ2n) is 2.86. The van der Waals surface area contributed by atoms with Crippen LogP contribution in [-0.4, -0.2) is 28.1 Å². The van der Waals surface area contributed by atoms with E-state index in [2.05, 4.69) is 12.0 Å². The summed E-state index contributed by atoms with van der Waals surface area (Å²) < 4.78 is 7.19. The number of aromatic nitrogens is 2. The van der Waals surface area contributed by atoms with Gasteiger partial charge in [0, 0.05) is 19.6 Å². The topological polar surface area (TPSA) is 47.3 Å². The van der Waals surface area contributed by atoms with E-state index in [0.29, 0.717) is 13.0 Å². The molecule has 0 unspecified atom stereocenters. The van der Waals surface area contributed by atoms with Crippen LogP contribution in [0.25, 0.3) is 0 Å². The van der Waals surface area contributed by atoms with Crippen molar-refractivity contribution in [1.82, 2.24) is 9.78 Å². The molecule has 4 heteroatoms. The SMILES string of the molecule is CCCn1cc(OCCCO)cn1. The van der Waals surface area contributed by atoms with Gasteiger partial charge in [-0.2, -0.15) is 5.10 Å². The molecule has 1 rings (SSSR count). The number of aliphatic hydroxyl groups is 1. The molecule has 13 heavy (non-hydrogen) atoms. The largest absolute Gasteiger partial charge is 0.490 e. The number of rotatable bonds is 6. The van der Waals surface area contributed by atoms with Gasteiger partial charge in [0.05, 0.1) is 19.0 Å². The van der Waals surface area contributed by atoms with Crippen LogP contribution in [0.15, 0.2) is 12.4 Å². The molecule has 0 radical (unpaired) electrons. The van der Waals surface area contributed by atoms with Crippen LogP contribution in [0.2, 0.25) is 0 Å². The standard InChI is InChI=1S/C9H16N2O2/c1-2-4-11-8-9(7-10-11)13-6-3-5-12/h7-8,12H,2-6H2,1H3. The highest BCUT2D eigenvalue weighted by molar-refractivity contribution is 5.11. The zero-order valence-electron chi connectivity index (χ0n) is 7.94. The number of ether oxygens (including phenoxy) is 1. The van der Waals surface area contributed by atoms with E-state index in [1.165, 1.54) is 0 Å². The van der Waals surface area contributed by atoms with Crippen molar-refractivity contribution in [2.75, 3.05) is 13.2 Å². The number of aryl methyl sites for hydroxylation is 1. The Balaban J connectivity index is 2.31. The highest BCUT2D eigenvalue weighted by Gasteiger charge is 1.97. The molecule has 1 aromatic heterocycles. The molecule has 0 saturated heterocycles. The maximum atomic E-state index is 8.53. The first-order chi connectivity index (χ1) is 6.36. The fourth-order valence-electron chi connectivity index (χ4n) is 1.03. The van der Waals surface area contributed by atoms with Crippen LogP contribution < -0.4 is 4.74 Å². The molecule has 74 valence electrons. The first kappa shape index (κ1) is 10.1. The summed E-state index contributed by atoms with van der Waals surface area (Å²) in [4.78, 5) is 0. The van der Waals surface area contributed by atoms with Gasteiger partial charge in [0.15, 0.2) is 5.75 Å². The van der Waals surface area contributed by atoms with Gasteiger partial charge in [0.2, 0.25) is 0 Å². The van der Waals surface area contributed by atoms with Gasteiger partial charge in [-0.25, -0.2) is 0 Å². The van der Waals surface area contributed by atoms with E-state index in [1.807, 2.05) is 10.9 Å². The summed E-state index contributed by atoms with van der Waals surface area (Å²) >= 11 is 0. The van der Waals surface area contributed by atoms with Crippen molar-refractivity contribution in [2.45, 2.75) is 26.3 Å². The predicted molar refractivity (Wildman–Crippen MR) is 49.7 cm³/mol. The lowest BCUT2D eigenvalue weighted by Gasteiger charge is -2.00. The maximum absolute atomic E-state index is 8.53. The summed E-state index contributed by atoms with van der Waals surface area (Å²) in [7, 11) is 0. The molecule has 0 spiro atoms. The number of hydrogen-bond donors (Lipinski definition) is 1. The summed E-state index contributed by atoms with van der Waals surface area (Å²) in [6, 6.07) is 0. The molecule has 0 bridgehead atoms. The fourth-order valence-corrected chi connectivity index (χ4v) is 1.03. The second kappa shape index (κ2) is 5.59.